The van der Waals surface area contributed by atoms with Crippen LogP contribution in [0.4, 0.5) is 10.5 Å². The molecule has 2 saturated heterocycles. The molecule has 8 heteroatoms. The predicted octanol–water partition coefficient (Wildman–Crippen LogP) is 3.83. The van der Waals surface area contributed by atoms with E-state index >= 15 is 0 Å². The van der Waals surface area contributed by atoms with Gasteiger partial charge in [0.15, 0.2) is 0 Å². The van der Waals surface area contributed by atoms with Gasteiger partial charge in [-0.2, -0.15) is 5.26 Å². The van der Waals surface area contributed by atoms with Crippen LogP contribution in [0.2, 0.25) is 0 Å². The van der Waals surface area contributed by atoms with E-state index in [-0.39, 0.29) is 23.6 Å². The van der Waals surface area contributed by atoms with Crippen LogP contribution >= 0.6 is 0 Å². The maximum atomic E-state index is 13.3. The van der Waals surface area contributed by atoms with Gasteiger partial charge < -0.3 is 25.0 Å². The second kappa shape index (κ2) is 9.68. The molecule has 2 fully saturated rings. The molecule has 1 atom stereocenters. The smallest absolute Gasteiger partial charge is 0.319 e. The summed E-state index contributed by atoms with van der Waals surface area (Å²) in [6, 6.07) is 13.0. The van der Waals surface area contributed by atoms with Crippen molar-refractivity contribution in [3.63, 3.8) is 0 Å². The van der Waals surface area contributed by atoms with Crippen molar-refractivity contribution in [1.29, 1.82) is 5.26 Å². The zero-order valence-corrected chi connectivity index (χ0v) is 19.9. The molecule has 1 spiro atoms. The van der Waals surface area contributed by atoms with E-state index in [0.29, 0.717) is 55.9 Å². The van der Waals surface area contributed by atoms with E-state index in [1.807, 2.05) is 42.2 Å². The summed E-state index contributed by atoms with van der Waals surface area (Å²) < 4.78 is 11.8. The Hall–Kier alpha value is -3.41. The first kappa shape index (κ1) is 23.3. The fraction of sp³-hybridized carbons (Fsp3) is 0.444. The summed E-state index contributed by atoms with van der Waals surface area (Å²) in [6.07, 6.45) is 3.47. The summed E-state index contributed by atoms with van der Waals surface area (Å²) in [7, 11) is 0. The highest BCUT2D eigenvalue weighted by molar-refractivity contribution is 5.97. The number of ether oxygens (including phenoxy) is 2. The van der Waals surface area contributed by atoms with Gasteiger partial charge in [-0.1, -0.05) is 12.1 Å². The molecular formula is C27H30N4O4. The number of amides is 3. The van der Waals surface area contributed by atoms with E-state index in [1.165, 1.54) is 0 Å². The molecule has 0 bridgehead atoms. The normalized spacial score (nSPS) is 20.3. The molecule has 3 heterocycles. The summed E-state index contributed by atoms with van der Waals surface area (Å²) >= 11 is 0. The van der Waals surface area contributed by atoms with E-state index in [9.17, 15) is 9.59 Å². The molecule has 5 rings (SSSR count). The minimum Gasteiger partial charge on any atom is -0.376 e. The number of anilines is 1. The van der Waals surface area contributed by atoms with E-state index in [1.54, 1.807) is 6.07 Å². The molecule has 3 aliphatic rings. The Balaban J connectivity index is 1.21. The van der Waals surface area contributed by atoms with Gasteiger partial charge in [-0.05, 0) is 73.6 Å². The summed E-state index contributed by atoms with van der Waals surface area (Å²) in [5.74, 6) is -0.0549. The maximum absolute atomic E-state index is 13.3. The van der Waals surface area contributed by atoms with Crippen molar-refractivity contribution >= 4 is 17.6 Å². The molecule has 0 aliphatic carbocycles. The van der Waals surface area contributed by atoms with Crippen molar-refractivity contribution in [2.75, 3.05) is 31.6 Å². The first-order valence-corrected chi connectivity index (χ1v) is 12.2. The highest BCUT2D eigenvalue weighted by Crippen LogP contribution is 2.44. The number of likely N-dealkylation sites (tertiary alicyclic amines) is 1. The molecule has 1 unspecified atom stereocenters. The SMILES string of the molecule is Cc1ccc(C(=O)N2CCC3(CC2)OCc2cc(C#N)ccc23)cc1NC(=O)NCC1CCCO1. The summed E-state index contributed by atoms with van der Waals surface area (Å²) in [6.45, 7) is 4.78. The van der Waals surface area contributed by atoms with Crippen LogP contribution in [0.3, 0.4) is 0 Å². The number of nitriles is 1. The van der Waals surface area contributed by atoms with Gasteiger partial charge in [0.1, 0.15) is 0 Å². The predicted molar refractivity (Wildman–Crippen MR) is 130 cm³/mol. The summed E-state index contributed by atoms with van der Waals surface area (Å²) in [5.41, 5.74) is 4.51. The van der Waals surface area contributed by atoms with Gasteiger partial charge >= 0.3 is 6.03 Å². The number of benzene rings is 2. The van der Waals surface area contributed by atoms with Crippen LogP contribution in [0.5, 0.6) is 0 Å². The zero-order valence-electron chi connectivity index (χ0n) is 19.9. The van der Waals surface area contributed by atoms with E-state index in [0.717, 1.165) is 36.1 Å². The monoisotopic (exact) mass is 474 g/mol. The average Bonchev–Trinajstić information content (AvgIpc) is 3.52. The van der Waals surface area contributed by atoms with Crippen molar-refractivity contribution in [2.24, 2.45) is 0 Å². The lowest BCUT2D eigenvalue weighted by Crippen LogP contribution is -2.45. The molecule has 0 radical (unpaired) electrons. The number of rotatable bonds is 4. The van der Waals surface area contributed by atoms with Gasteiger partial charge in [-0.3, -0.25) is 4.79 Å². The standard InChI is InChI=1S/C27H30N4O4/c1-18-4-6-20(14-24(18)30-26(33)29-16-22-3-2-12-34-22)25(32)31-10-8-27(9-11-31)23-7-5-19(15-28)13-21(23)17-35-27/h4-7,13-14,22H,2-3,8-12,16-17H2,1H3,(H2,29,30,33). The van der Waals surface area contributed by atoms with Crippen molar-refractivity contribution in [1.82, 2.24) is 10.2 Å². The third-order valence-electron chi connectivity index (χ3n) is 7.33. The van der Waals surface area contributed by atoms with Gasteiger partial charge in [-0.15, -0.1) is 0 Å². The Morgan fingerprint density at radius 3 is 2.77 bits per heavy atom. The van der Waals surface area contributed by atoms with Crippen LogP contribution in [0.15, 0.2) is 36.4 Å². The average molecular weight is 475 g/mol. The number of nitrogens with zero attached hydrogens (tertiary/aromatic N) is 2. The van der Waals surface area contributed by atoms with E-state index in [2.05, 4.69) is 16.7 Å². The second-order valence-corrected chi connectivity index (χ2v) is 9.56. The Morgan fingerprint density at radius 1 is 1.20 bits per heavy atom. The molecule has 2 aromatic carbocycles. The topological polar surface area (TPSA) is 104 Å². The van der Waals surface area contributed by atoms with Crippen LogP contribution in [0.25, 0.3) is 0 Å². The molecule has 2 N–H and O–H groups in total. The third kappa shape index (κ3) is 4.75. The lowest BCUT2D eigenvalue weighted by atomic mass is 9.83. The van der Waals surface area contributed by atoms with Crippen LogP contribution in [0, 0.1) is 18.3 Å². The molecule has 8 nitrogen and oxygen atoms in total. The first-order chi connectivity index (χ1) is 17.0. The van der Waals surface area contributed by atoms with Crippen molar-refractivity contribution < 1.29 is 19.1 Å². The molecule has 3 aliphatic heterocycles. The van der Waals surface area contributed by atoms with Crippen molar-refractivity contribution in [2.45, 2.75) is 50.9 Å². The molecule has 182 valence electrons. The Bertz CT molecular complexity index is 1170. The Kier molecular flexibility index (Phi) is 6.46. The van der Waals surface area contributed by atoms with Crippen LogP contribution in [0.1, 0.15) is 58.3 Å². The van der Waals surface area contributed by atoms with Crippen molar-refractivity contribution in [3.05, 3.63) is 64.2 Å². The van der Waals surface area contributed by atoms with E-state index < -0.39 is 0 Å². The number of aryl methyl sites for hydroxylation is 1. The number of hydrogen-bond acceptors (Lipinski definition) is 5. The molecular weight excluding hydrogens is 444 g/mol. The molecule has 3 amide bonds. The van der Waals surface area contributed by atoms with Crippen molar-refractivity contribution in [3.8, 4) is 6.07 Å². The number of carbonyl (C=O) groups is 2. The number of fused-ring (bicyclic) bond motifs is 2. The molecule has 35 heavy (non-hydrogen) atoms. The zero-order chi connectivity index (χ0) is 24.4. The summed E-state index contributed by atoms with van der Waals surface area (Å²) in [5, 5.41) is 14.9. The fourth-order valence-corrected chi connectivity index (χ4v) is 5.26. The minimum absolute atomic E-state index is 0.0549. The Labute approximate surface area is 205 Å². The first-order valence-electron chi connectivity index (χ1n) is 12.2. The minimum atomic E-state index is -0.388. The molecule has 0 aromatic heterocycles. The van der Waals surface area contributed by atoms with Crippen LogP contribution in [-0.4, -0.2) is 49.2 Å². The van der Waals surface area contributed by atoms with Gasteiger partial charge in [0.05, 0.1) is 29.9 Å². The van der Waals surface area contributed by atoms with Gasteiger partial charge in [-0.25, -0.2) is 4.79 Å². The number of carbonyl (C=O) groups excluding carboxylic acids is 2. The lowest BCUT2D eigenvalue weighted by molar-refractivity contribution is -0.0741. The third-order valence-corrected chi connectivity index (χ3v) is 7.33. The largest absolute Gasteiger partial charge is 0.376 e. The quantitative estimate of drug-likeness (QED) is 0.701. The number of hydrogen-bond donors (Lipinski definition) is 2. The summed E-state index contributed by atoms with van der Waals surface area (Å²) in [4.78, 5) is 27.5. The van der Waals surface area contributed by atoms with E-state index in [4.69, 9.17) is 14.7 Å². The number of urea groups is 1. The van der Waals surface area contributed by atoms with Crippen LogP contribution in [-0.2, 0) is 21.7 Å². The number of nitrogens with one attached hydrogen (secondary N) is 2. The fourth-order valence-electron chi connectivity index (χ4n) is 5.26. The maximum Gasteiger partial charge on any atom is 0.319 e. The Morgan fingerprint density at radius 2 is 2.03 bits per heavy atom. The van der Waals surface area contributed by atoms with Gasteiger partial charge in [0.25, 0.3) is 5.91 Å². The molecule has 2 aromatic rings. The number of piperidine rings is 1. The highest BCUT2D eigenvalue weighted by Gasteiger charge is 2.43. The van der Waals surface area contributed by atoms with Crippen LogP contribution < -0.4 is 10.6 Å². The highest BCUT2D eigenvalue weighted by atomic mass is 16.5. The molecule has 0 saturated carbocycles. The van der Waals surface area contributed by atoms with Gasteiger partial charge in [0.2, 0.25) is 0 Å². The lowest BCUT2D eigenvalue weighted by Gasteiger charge is -2.39. The second-order valence-electron chi connectivity index (χ2n) is 9.56. The van der Waals surface area contributed by atoms with Gasteiger partial charge in [0, 0.05) is 37.5 Å².